The van der Waals surface area contributed by atoms with E-state index in [1.807, 2.05) is 0 Å². The quantitative estimate of drug-likeness (QED) is 0.170. The van der Waals surface area contributed by atoms with E-state index in [0.717, 1.165) is 6.07 Å². The summed E-state index contributed by atoms with van der Waals surface area (Å²) in [5, 5.41) is 101. The van der Waals surface area contributed by atoms with E-state index < -0.39 is 86.1 Å². The molecule has 41 heavy (non-hydrogen) atoms. The molecule has 2 aromatic rings. The Kier molecular flexibility index (Phi) is 8.15. The Balaban J connectivity index is 1.51. The van der Waals surface area contributed by atoms with Crippen LogP contribution in [-0.4, -0.2) is 120 Å². The first-order valence-electron chi connectivity index (χ1n) is 12.5. The zero-order valence-corrected chi connectivity index (χ0v) is 21.2. The second-order valence-corrected chi connectivity index (χ2v) is 9.84. The minimum Gasteiger partial charge on any atom is -0.508 e. The van der Waals surface area contributed by atoms with Crippen molar-refractivity contribution in [2.45, 2.75) is 61.4 Å². The molecule has 0 radical (unpaired) electrons. The van der Waals surface area contributed by atoms with Crippen LogP contribution in [0.4, 0.5) is 0 Å². The van der Waals surface area contributed by atoms with Gasteiger partial charge in [-0.2, -0.15) is 0 Å². The summed E-state index contributed by atoms with van der Waals surface area (Å²) in [5.41, 5.74) is 0.309. The monoisotopic (exact) mass is 582 g/mol. The summed E-state index contributed by atoms with van der Waals surface area (Å²) in [7, 11) is 0. The number of hydrogen-bond donors (Lipinski definition) is 10. The van der Waals surface area contributed by atoms with Crippen molar-refractivity contribution in [2.75, 3.05) is 13.2 Å². The molecule has 224 valence electrons. The van der Waals surface area contributed by atoms with Gasteiger partial charge in [0.15, 0.2) is 30.0 Å². The lowest BCUT2D eigenvalue weighted by Crippen LogP contribution is -2.63. The molecule has 0 saturated carbocycles. The van der Waals surface area contributed by atoms with Crippen molar-refractivity contribution < 1.29 is 74.7 Å². The highest BCUT2D eigenvalue weighted by atomic mass is 16.8. The molecule has 0 bridgehead atoms. The lowest BCUT2D eigenvalue weighted by Gasteiger charge is -2.45. The Morgan fingerprint density at radius 3 is 2.27 bits per heavy atom. The van der Waals surface area contributed by atoms with Crippen molar-refractivity contribution >= 4 is 6.08 Å². The summed E-state index contributed by atoms with van der Waals surface area (Å²) in [5.74, 6) is -1.69. The first-order valence-corrected chi connectivity index (χ1v) is 12.5. The predicted molar refractivity (Wildman–Crippen MR) is 132 cm³/mol. The first kappa shape index (κ1) is 29.1. The number of aliphatic hydroxyl groups is 6. The van der Waals surface area contributed by atoms with Crippen LogP contribution in [0.2, 0.25) is 0 Å². The molecular weight excluding hydrogens is 552 g/mol. The summed E-state index contributed by atoms with van der Waals surface area (Å²) >= 11 is 0. The fraction of sp³-hybridized carbons (Fsp3) is 0.462. The van der Waals surface area contributed by atoms with E-state index in [1.54, 1.807) is 0 Å². The smallest absolute Gasteiger partial charge is 0.229 e. The number of phenolic OH excluding ortho intramolecular Hbond substituents is 4. The molecule has 15 nitrogen and oxygen atoms in total. The zero-order chi connectivity index (χ0) is 29.6. The molecule has 2 fully saturated rings. The normalized spacial score (nSPS) is 35.2. The Morgan fingerprint density at radius 2 is 1.56 bits per heavy atom. The second kappa shape index (κ2) is 11.5. The minimum atomic E-state index is -1.79. The summed E-state index contributed by atoms with van der Waals surface area (Å²) in [6.07, 6.45) is -14.4. The van der Waals surface area contributed by atoms with Crippen LogP contribution in [0.15, 0.2) is 36.1 Å². The van der Waals surface area contributed by atoms with Crippen molar-refractivity contribution in [3.05, 3.63) is 47.2 Å². The van der Waals surface area contributed by atoms with Crippen LogP contribution in [0.25, 0.3) is 6.08 Å². The lowest BCUT2D eigenvalue weighted by atomic mass is 9.98. The molecule has 2 saturated heterocycles. The Bertz CT molecular complexity index is 1280. The van der Waals surface area contributed by atoms with Gasteiger partial charge >= 0.3 is 0 Å². The number of fused-ring (bicyclic) bond motifs is 1. The molecule has 2 aromatic carbocycles. The first-order chi connectivity index (χ1) is 19.5. The summed E-state index contributed by atoms with van der Waals surface area (Å²) in [6, 6.07) is 6.04. The van der Waals surface area contributed by atoms with Crippen LogP contribution >= 0.6 is 0 Å². The van der Waals surface area contributed by atoms with Gasteiger partial charge in [-0.05, 0) is 18.2 Å². The van der Waals surface area contributed by atoms with Gasteiger partial charge in [0.2, 0.25) is 6.29 Å². The van der Waals surface area contributed by atoms with Crippen molar-refractivity contribution in [1.82, 2.24) is 0 Å². The molecule has 10 N–H and O–H groups in total. The Hall–Kier alpha value is -3.38. The molecule has 0 aromatic heterocycles. The minimum absolute atomic E-state index is 0.0275. The van der Waals surface area contributed by atoms with Gasteiger partial charge in [0.1, 0.15) is 59.6 Å². The number of aliphatic hydroxyl groups excluding tert-OH is 6. The fourth-order valence-corrected chi connectivity index (χ4v) is 4.76. The molecule has 0 spiro atoms. The third kappa shape index (κ3) is 5.59. The van der Waals surface area contributed by atoms with E-state index in [-0.39, 0.29) is 34.1 Å². The number of ether oxygens (including phenoxy) is 5. The lowest BCUT2D eigenvalue weighted by molar-refractivity contribution is -0.352. The van der Waals surface area contributed by atoms with Gasteiger partial charge in [0, 0.05) is 17.7 Å². The number of phenols is 4. The van der Waals surface area contributed by atoms with Gasteiger partial charge in [0.25, 0.3) is 0 Å². The molecule has 0 amide bonds. The van der Waals surface area contributed by atoms with Crippen LogP contribution < -0.4 is 4.74 Å². The fourth-order valence-electron chi connectivity index (χ4n) is 4.76. The molecule has 15 heteroatoms. The summed E-state index contributed by atoms with van der Waals surface area (Å²) in [6.45, 7) is -1.17. The average Bonchev–Trinajstić information content (AvgIpc) is 2.94. The van der Waals surface area contributed by atoms with Gasteiger partial charge < -0.3 is 74.7 Å². The Labute approximate surface area is 231 Å². The molecule has 5 rings (SSSR count). The van der Waals surface area contributed by atoms with E-state index in [2.05, 4.69) is 0 Å². The molecule has 3 aliphatic rings. The van der Waals surface area contributed by atoms with E-state index >= 15 is 0 Å². The topological polar surface area (TPSA) is 248 Å². The van der Waals surface area contributed by atoms with E-state index in [0.29, 0.717) is 0 Å². The highest BCUT2D eigenvalue weighted by Crippen LogP contribution is 2.45. The molecule has 0 aliphatic carbocycles. The van der Waals surface area contributed by atoms with Crippen LogP contribution in [0.5, 0.6) is 28.7 Å². The Morgan fingerprint density at radius 1 is 0.805 bits per heavy atom. The molecule has 10 atom stereocenters. The van der Waals surface area contributed by atoms with Crippen LogP contribution in [0, 0.1) is 0 Å². The predicted octanol–water partition coefficient (Wildman–Crippen LogP) is -1.74. The largest absolute Gasteiger partial charge is 0.508 e. The summed E-state index contributed by atoms with van der Waals surface area (Å²) in [4.78, 5) is 0. The molecule has 1 unspecified atom stereocenters. The van der Waals surface area contributed by atoms with E-state index in [9.17, 15) is 51.1 Å². The molecular formula is C26H30O15. The molecule has 3 heterocycles. The van der Waals surface area contributed by atoms with E-state index in [1.165, 1.54) is 30.3 Å². The third-order valence-corrected chi connectivity index (χ3v) is 7.02. The van der Waals surface area contributed by atoms with Crippen LogP contribution in [0.1, 0.15) is 17.2 Å². The summed E-state index contributed by atoms with van der Waals surface area (Å²) < 4.78 is 28.6. The maximum absolute atomic E-state index is 10.9. The highest BCUT2D eigenvalue weighted by Gasteiger charge is 2.50. The van der Waals surface area contributed by atoms with Gasteiger partial charge in [-0.3, -0.25) is 0 Å². The van der Waals surface area contributed by atoms with Gasteiger partial charge in [0.05, 0.1) is 18.8 Å². The highest BCUT2D eigenvalue weighted by molar-refractivity contribution is 5.69. The number of aromatic hydroxyl groups is 4. The zero-order valence-electron chi connectivity index (χ0n) is 21.2. The van der Waals surface area contributed by atoms with Crippen molar-refractivity contribution in [3.8, 4) is 28.7 Å². The van der Waals surface area contributed by atoms with Crippen molar-refractivity contribution in [1.29, 1.82) is 0 Å². The van der Waals surface area contributed by atoms with Crippen LogP contribution in [0.3, 0.4) is 0 Å². The SMILES string of the molecule is OC[C@H]1O[C@@H](OC2=Cc3c(O)cc(O)cc3OC2c2ccc(O)c(O)c2)[C@@H](O[C@@H]2OC[C@H](O)[C@@H](O)[C@H]2O)[C@@H](O)[C@@H]1O. The van der Waals surface area contributed by atoms with Gasteiger partial charge in [-0.15, -0.1) is 0 Å². The number of rotatable bonds is 6. The standard InChI is InChI=1S/C26H30O15/c27-7-18-20(34)21(35)24(41-25-22(36)19(33)15(32)8-37-25)26(40-18)39-17-6-11-13(30)4-10(28)5-16(11)38-23(17)9-1-2-12(29)14(31)3-9/h1-6,15,18-36H,7-8H2/t15-,18+,19+,20+,21-,22+,23?,24-,25-,26+/m0/s1. The van der Waals surface area contributed by atoms with Crippen LogP contribution in [-0.2, 0) is 18.9 Å². The van der Waals surface area contributed by atoms with Crippen molar-refractivity contribution in [3.63, 3.8) is 0 Å². The number of benzene rings is 2. The van der Waals surface area contributed by atoms with Crippen molar-refractivity contribution in [2.24, 2.45) is 0 Å². The van der Waals surface area contributed by atoms with E-state index in [4.69, 9.17) is 23.7 Å². The molecule has 3 aliphatic heterocycles. The average molecular weight is 583 g/mol. The second-order valence-electron chi connectivity index (χ2n) is 9.84. The number of hydrogen-bond acceptors (Lipinski definition) is 15. The maximum Gasteiger partial charge on any atom is 0.229 e. The van der Waals surface area contributed by atoms with Gasteiger partial charge in [-0.1, -0.05) is 6.07 Å². The maximum atomic E-state index is 10.9. The van der Waals surface area contributed by atoms with Gasteiger partial charge in [-0.25, -0.2) is 0 Å². The third-order valence-electron chi connectivity index (χ3n) is 7.02.